The third kappa shape index (κ3) is 3.24. The Hall–Kier alpha value is -1.26. The molecule has 0 N–H and O–H groups in total. The summed E-state index contributed by atoms with van der Waals surface area (Å²) < 4.78 is 22.4. The van der Waals surface area contributed by atoms with Gasteiger partial charge in [-0.3, -0.25) is 4.90 Å². The lowest BCUT2D eigenvalue weighted by Crippen LogP contribution is -2.31. The normalized spacial score (nSPS) is 16.5. The Morgan fingerprint density at radius 3 is 2.79 bits per heavy atom. The maximum absolute atomic E-state index is 7.45. The van der Waals surface area contributed by atoms with E-state index in [-0.39, 0.29) is 12.6 Å². The summed E-state index contributed by atoms with van der Waals surface area (Å²) in [5.41, 5.74) is 1.12. The molecule has 0 heterocycles. The Labute approximate surface area is 91.0 Å². The summed E-state index contributed by atoms with van der Waals surface area (Å²) in [6, 6.07) is 9.71. The van der Waals surface area contributed by atoms with Crippen LogP contribution >= 0.6 is 0 Å². The zero-order valence-corrected chi connectivity index (χ0v) is 8.40. The van der Waals surface area contributed by atoms with E-state index in [2.05, 4.69) is 5.92 Å². The van der Waals surface area contributed by atoms with Crippen LogP contribution in [0.25, 0.3) is 0 Å². The smallest absolute Gasteiger partial charge is 0.0598 e. The van der Waals surface area contributed by atoms with Crippen LogP contribution < -0.4 is 0 Å². The van der Waals surface area contributed by atoms with Gasteiger partial charge in [0.1, 0.15) is 0 Å². The van der Waals surface area contributed by atoms with Gasteiger partial charge in [0.15, 0.2) is 0 Å². The van der Waals surface area contributed by atoms with Gasteiger partial charge in [0.2, 0.25) is 0 Å². The van der Waals surface area contributed by atoms with Crippen molar-refractivity contribution >= 4 is 0 Å². The van der Waals surface area contributed by atoms with Crippen LogP contribution in [-0.4, -0.2) is 24.5 Å². The van der Waals surface area contributed by atoms with Crippen molar-refractivity contribution in [1.82, 2.24) is 4.90 Å². The molecule has 0 fully saturated rings. The van der Waals surface area contributed by atoms with Crippen LogP contribution in [0.1, 0.15) is 16.6 Å². The van der Waals surface area contributed by atoms with E-state index in [0.29, 0.717) is 6.42 Å². The minimum absolute atomic E-state index is 0.110. The van der Waals surface area contributed by atoms with Crippen molar-refractivity contribution in [2.45, 2.75) is 19.4 Å². The lowest BCUT2D eigenvalue weighted by molar-refractivity contribution is 0.287. The van der Waals surface area contributed by atoms with E-state index < -0.39 is 6.98 Å². The van der Waals surface area contributed by atoms with Gasteiger partial charge in [-0.1, -0.05) is 36.3 Å². The summed E-state index contributed by atoms with van der Waals surface area (Å²) in [7, 11) is 0. The van der Waals surface area contributed by atoms with Crippen LogP contribution in [-0.2, 0) is 6.42 Å². The minimum Gasteiger partial charge on any atom is -0.292 e. The first-order valence-corrected chi connectivity index (χ1v) is 4.69. The molecule has 0 bridgehead atoms. The first kappa shape index (κ1) is 7.09. The molecule has 1 aromatic rings. The highest BCUT2D eigenvalue weighted by atomic mass is 15.1. The highest BCUT2D eigenvalue weighted by molar-refractivity contribution is 5.15. The van der Waals surface area contributed by atoms with Crippen molar-refractivity contribution in [2.75, 3.05) is 13.5 Å². The Bertz CT molecular complexity index is 378. The number of benzene rings is 1. The molecule has 1 unspecified atom stereocenters. The summed E-state index contributed by atoms with van der Waals surface area (Å²) in [6.45, 7) is -0.109. The molecule has 1 aromatic carbocycles. The van der Waals surface area contributed by atoms with Gasteiger partial charge in [0, 0.05) is 10.2 Å². The van der Waals surface area contributed by atoms with Crippen LogP contribution in [0.2, 0.25) is 0 Å². The van der Waals surface area contributed by atoms with Crippen molar-refractivity contribution in [3.63, 3.8) is 0 Å². The number of hydrogen-bond donors (Lipinski definition) is 0. The van der Waals surface area contributed by atoms with Crippen LogP contribution in [0, 0.1) is 12.3 Å². The second kappa shape index (κ2) is 5.47. The minimum atomic E-state index is -2.14. The molecule has 1 heteroatoms. The Balaban J connectivity index is 2.73. The number of rotatable bonds is 4. The van der Waals surface area contributed by atoms with E-state index in [0.717, 1.165) is 5.56 Å². The quantitative estimate of drug-likeness (QED) is 0.658. The maximum atomic E-state index is 7.45. The van der Waals surface area contributed by atoms with Gasteiger partial charge in [0.05, 0.1) is 6.54 Å². The first-order chi connectivity index (χ1) is 7.95. The molecule has 0 amide bonds. The van der Waals surface area contributed by atoms with Gasteiger partial charge >= 0.3 is 0 Å². The molecule has 0 aliphatic carbocycles. The van der Waals surface area contributed by atoms with Crippen LogP contribution in [0.15, 0.2) is 30.3 Å². The first-order valence-electron chi connectivity index (χ1n) is 6.19. The number of likely N-dealkylation sites (N-methyl/N-ethyl adjacent to an activating group) is 1. The lowest BCUT2D eigenvalue weighted by atomic mass is 10.1. The molecule has 1 rings (SSSR count). The highest BCUT2D eigenvalue weighted by Crippen LogP contribution is 2.06. The molecule has 0 aliphatic rings. The SMILES string of the molecule is [2H]C([2H])([2H])N(CC#C)C(C)Cc1ccccc1. The molecule has 0 saturated carbocycles. The predicted molar refractivity (Wildman–Crippen MR) is 61.1 cm³/mol. The van der Waals surface area contributed by atoms with Crippen molar-refractivity contribution in [3.8, 4) is 12.3 Å². The highest BCUT2D eigenvalue weighted by Gasteiger charge is 2.07. The van der Waals surface area contributed by atoms with E-state index in [1.807, 2.05) is 37.3 Å². The van der Waals surface area contributed by atoms with Crippen molar-refractivity contribution in [3.05, 3.63) is 35.9 Å². The fourth-order valence-electron chi connectivity index (χ4n) is 1.32. The second-order valence-electron chi connectivity index (χ2n) is 3.37. The van der Waals surface area contributed by atoms with E-state index in [9.17, 15) is 0 Å². The molecule has 1 nitrogen and oxygen atoms in total. The van der Waals surface area contributed by atoms with Crippen LogP contribution in [0.3, 0.4) is 0 Å². The third-order valence-electron chi connectivity index (χ3n) is 2.17. The molecule has 0 aromatic heterocycles. The summed E-state index contributed by atoms with van der Waals surface area (Å²) in [5.74, 6) is 2.41. The zero-order valence-electron chi connectivity index (χ0n) is 11.4. The van der Waals surface area contributed by atoms with E-state index >= 15 is 0 Å². The van der Waals surface area contributed by atoms with E-state index in [1.54, 1.807) is 0 Å². The number of nitrogens with zero attached hydrogens (tertiary/aromatic N) is 1. The molecule has 0 aliphatic heterocycles. The van der Waals surface area contributed by atoms with Gasteiger partial charge in [0.25, 0.3) is 0 Å². The fourth-order valence-corrected chi connectivity index (χ4v) is 1.32. The fraction of sp³-hybridized carbons (Fsp3) is 0.385. The monoisotopic (exact) mass is 190 g/mol. The molecule has 0 radical (unpaired) electrons. The number of terminal acetylenes is 1. The Kier molecular flexibility index (Phi) is 2.77. The van der Waals surface area contributed by atoms with Gasteiger partial charge in [-0.05, 0) is 25.9 Å². The van der Waals surface area contributed by atoms with Crippen molar-refractivity contribution in [1.29, 1.82) is 0 Å². The van der Waals surface area contributed by atoms with Crippen LogP contribution in [0.4, 0.5) is 0 Å². The molecular weight excluding hydrogens is 170 g/mol. The second-order valence-corrected chi connectivity index (χ2v) is 3.37. The molecule has 1 atom stereocenters. The van der Waals surface area contributed by atoms with Crippen molar-refractivity contribution in [2.24, 2.45) is 0 Å². The molecule has 14 heavy (non-hydrogen) atoms. The maximum Gasteiger partial charge on any atom is 0.0598 e. The molecule has 74 valence electrons. The average molecular weight is 190 g/mol. The van der Waals surface area contributed by atoms with E-state index in [1.165, 1.54) is 4.90 Å². The van der Waals surface area contributed by atoms with Crippen LogP contribution in [0.5, 0.6) is 0 Å². The zero-order chi connectivity index (χ0) is 12.9. The average Bonchev–Trinajstić information content (AvgIpc) is 2.25. The van der Waals surface area contributed by atoms with Crippen molar-refractivity contribution < 1.29 is 4.11 Å². The standard InChI is InChI=1S/C13H17N/c1-4-10-14(3)12(2)11-13-8-6-5-7-9-13/h1,5-9,12H,10-11H2,2-3H3/i3D3. The van der Waals surface area contributed by atoms with Gasteiger partial charge in [-0.15, -0.1) is 6.42 Å². The Morgan fingerprint density at radius 1 is 1.50 bits per heavy atom. The lowest BCUT2D eigenvalue weighted by Gasteiger charge is -2.22. The molecule has 0 saturated heterocycles. The van der Waals surface area contributed by atoms with E-state index in [4.69, 9.17) is 10.5 Å². The summed E-state index contributed by atoms with van der Waals surface area (Å²) >= 11 is 0. The van der Waals surface area contributed by atoms with Gasteiger partial charge in [-0.2, -0.15) is 0 Å². The summed E-state index contributed by atoms with van der Waals surface area (Å²) in [5, 5.41) is 0. The van der Waals surface area contributed by atoms with Gasteiger partial charge < -0.3 is 0 Å². The number of hydrogen-bond acceptors (Lipinski definition) is 1. The molecular formula is C13H17N. The largest absolute Gasteiger partial charge is 0.292 e. The molecule has 0 spiro atoms. The summed E-state index contributed by atoms with van der Waals surface area (Å²) in [4.78, 5) is 1.38. The third-order valence-corrected chi connectivity index (χ3v) is 2.17. The topological polar surface area (TPSA) is 3.24 Å². The van der Waals surface area contributed by atoms with Gasteiger partial charge in [-0.25, -0.2) is 0 Å². The Morgan fingerprint density at radius 2 is 2.21 bits per heavy atom. The predicted octanol–water partition coefficient (Wildman–Crippen LogP) is 2.18. The summed E-state index contributed by atoms with van der Waals surface area (Å²) in [6.07, 6.45) is 5.90.